The van der Waals surface area contributed by atoms with Gasteiger partial charge in [-0.25, -0.2) is 0 Å². The van der Waals surface area contributed by atoms with Crippen LogP contribution in [0, 0.1) is 24.0 Å². The van der Waals surface area contributed by atoms with E-state index in [9.17, 15) is 10.1 Å². The minimum Gasteiger partial charge on any atom is -0.493 e. The molecule has 7 heteroatoms. The summed E-state index contributed by atoms with van der Waals surface area (Å²) in [5.74, 6) is 1.12. The van der Waals surface area contributed by atoms with Crippen LogP contribution >= 0.6 is 15.9 Å². The summed E-state index contributed by atoms with van der Waals surface area (Å²) in [6, 6.07) is 16.1. The van der Waals surface area contributed by atoms with Crippen LogP contribution < -0.4 is 9.47 Å². The highest BCUT2D eigenvalue weighted by Crippen LogP contribution is 2.37. The molecule has 0 atom stereocenters. The molecule has 3 aromatic carbocycles. The summed E-state index contributed by atoms with van der Waals surface area (Å²) in [6.07, 6.45) is 1.78. The van der Waals surface area contributed by atoms with Crippen LogP contribution in [0.2, 0.25) is 0 Å². The lowest BCUT2D eigenvalue weighted by Gasteiger charge is -2.13. The molecular formula is C23H21BrN2O4. The topological polar surface area (TPSA) is 74.0 Å². The summed E-state index contributed by atoms with van der Waals surface area (Å²) in [6.45, 7) is 4.38. The van der Waals surface area contributed by atoms with Gasteiger partial charge in [-0.2, -0.15) is 0 Å². The first kappa shape index (κ1) is 21.5. The van der Waals surface area contributed by atoms with Crippen molar-refractivity contribution in [3.8, 4) is 11.5 Å². The summed E-state index contributed by atoms with van der Waals surface area (Å²) >= 11 is 3.53. The Morgan fingerprint density at radius 3 is 2.43 bits per heavy atom. The lowest BCUT2D eigenvalue weighted by Crippen LogP contribution is -2.00. The summed E-state index contributed by atoms with van der Waals surface area (Å²) < 4.78 is 12.1. The van der Waals surface area contributed by atoms with E-state index < -0.39 is 4.92 Å². The van der Waals surface area contributed by atoms with E-state index in [0.717, 1.165) is 21.3 Å². The Labute approximate surface area is 183 Å². The largest absolute Gasteiger partial charge is 0.493 e. The number of nitro benzene ring substituents is 1. The molecule has 0 radical (unpaired) electrons. The van der Waals surface area contributed by atoms with Crippen molar-refractivity contribution in [3.05, 3.63) is 91.4 Å². The van der Waals surface area contributed by atoms with E-state index in [0.29, 0.717) is 11.5 Å². The minimum atomic E-state index is -0.428. The number of nitro groups is 1. The third kappa shape index (κ3) is 5.24. The standard InChI is InChI=1S/C23H21BrN2O4/c1-15-4-7-19(10-16(15)2)25-13-18-11-21(24)23(22(12-18)29-3)30-14-17-5-8-20(9-6-17)26(27)28/h4-13H,14H2,1-3H3. The molecule has 0 N–H and O–H groups in total. The molecule has 0 aromatic heterocycles. The summed E-state index contributed by atoms with van der Waals surface area (Å²) in [5.41, 5.74) is 5.03. The Hall–Kier alpha value is -3.19. The van der Waals surface area contributed by atoms with Gasteiger partial charge in [-0.1, -0.05) is 6.07 Å². The van der Waals surface area contributed by atoms with Crippen molar-refractivity contribution >= 4 is 33.5 Å². The highest BCUT2D eigenvalue weighted by Gasteiger charge is 2.12. The van der Waals surface area contributed by atoms with Crippen molar-refractivity contribution in [2.75, 3.05) is 7.11 Å². The Bertz CT molecular complexity index is 1100. The quantitative estimate of drug-likeness (QED) is 0.231. The van der Waals surface area contributed by atoms with E-state index in [1.165, 1.54) is 23.3 Å². The van der Waals surface area contributed by atoms with E-state index in [-0.39, 0.29) is 12.3 Å². The molecular weight excluding hydrogens is 448 g/mol. The van der Waals surface area contributed by atoms with Crippen molar-refractivity contribution in [1.82, 2.24) is 0 Å². The van der Waals surface area contributed by atoms with Crippen molar-refractivity contribution in [1.29, 1.82) is 0 Å². The lowest BCUT2D eigenvalue weighted by molar-refractivity contribution is -0.384. The van der Waals surface area contributed by atoms with Gasteiger partial charge >= 0.3 is 0 Å². The highest BCUT2D eigenvalue weighted by atomic mass is 79.9. The number of non-ortho nitro benzene ring substituents is 1. The van der Waals surface area contributed by atoms with Gasteiger partial charge in [0.05, 0.1) is 22.2 Å². The first-order chi connectivity index (χ1) is 14.4. The number of hydrogen-bond acceptors (Lipinski definition) is 5. The summed E-state index contributed by atoms with van der Waals surface area (Å²) in [7, 11) is 1.57. The monoisotopic (exact) mass is 468 g/mol. The number of ether oxygens (including phenoxy) is 2. The first-order valence-electron chi connectivity index (χ1n) is 9.22. The molecule has 3 aromatic rings. The second kappa shape index (κ2) is 9.54. The van der Waals surface area contributed by atoms with Gasteiger partial charge in [0.1, 0.15) is 6.61 Å². The molecule has 30 heavy (non-hydrogen) atoms. The number of methoxy groups -OCH3 is 1. The molecule has 154 valence electrons. The maximum absolute atomic E-state index is 10.8. The smallest absolute Gasteiger partial charge is 0.269 e. The summed E-state index contributed by atoms with van der Waals surface area (Å²) in [4.78, 5) is 14.9. The maximum Gasteiger partial charge on any atom is 0.269 e. The number of aliphatic imine (C=N–C) groups is 1. The number of halogens is 1. The van der Waals surface area contributed by atoms with E-state index >= 15 is 0 Å². The Balaban J connectivity index is 1.77. The number of rotatable bonds is 7. The number of benzene rings is 3. The van der Waals surface area contributed by atoms with E-state index in [1.54, 1.807) is 25.5 Å². The van der Waals surface area contributed by atoms with Gasteiger partial charge in [0.25, 0.3) is 5.69 Å². The molecule has 0 saturated heterocycles. The predicted octanol–water partition coefficient (Wildman–Crippen LogP) is 6.31. The molecule has 0 bridgehead atoms. The van der Waals surface area contributed by atoms with Crippen LogP contribution in [0.4, 0.5) is 11.4 Å². The van der Waals surface area contributed by atoms with Crippen LogP contribution in [-0.2, 0) is 6.61 Å². The molecule has 0 spiro atoms. The molecule has 0 saturated carbocycles. The van der Waals surface area contributed by atoms with Gasteiger partial charge in [0.2, 0.25) is 0 Å². The number of hydrogen-bond donors (Lipinski definition) is 0. The van der Waals surface area contributed by atoms with Crippen molar-refractivity contribution in [3.63, 3.8) is 0 Å². The van der Waals surface area contributed by atoms with Gasteiger partial charge in [0.15, 0.2) is 11.5 Å². The molecule has 6 nitrogen and oxygen atoms in total. The van der Waals surface area contributed by atoms with Gasteiger partial charge in [-0.3, -0.25) is 15.1 Å². The fourth-order valence-electron chi connectivity index (χ4n) is 2.78. The molecule has 0 unspecified atom stereocenters. The average Bonchev–Trinajstić information content (AvgIpc) is 2.73. The molecule has 0 heterocycles. The Morgan fingerprint density at radius 2 is 1.80 bits per heavy atom. The van der Waals surface area contributed by atoms with Crippen LogP contribution in [0.5, 0.6) is 11.5 Å². The molecule has 0 fully saturated rings. The van der Waals surface area contributed by atoms with E-state index in [2.05, 4.69) is 34.8 Å². The third-order valence-corrected chi connectivity index (χ3v) is 5.22. The zero-order valence-corrected chi connectivity index (χ0v) is 18.5. The third-order valence-electron chi connectivity index (χ3n) is 4.64. The van der Waals surface area contributed by atoms with Crippen LogP contribution in [0.1, 0.15) is 22.3 Å². The van der Waals surface area contributed by atoms with E-state index in [4.69, 9.17) is 9.47 Å². The first-order valence-corrected chi connectivity index (χ1v) is 10.0. The maximum atomic E-state index is 10.8. The zero-order valence-electron chi connectivity index (χ0n) is 16.9. The number of aryl methyl sites for hydroxylation is 2. The minimum absolute atomic E-state index is 0.0462. The molecule has 0 amide bonds. The molecule has 0 aliphatic heterocycles. The fraction of sp³-hybridized carbons (Fsp3) is 0.174. The van der Waals surface area contributed by atoms with Gasteiger partial charge < -0.3 is 9.47 Å². The second-order valence-electron chi connectivity index (χ2n) is 6.77. The van der Waals surface area contributed by atoms with Crippen LogP contribution in [0.25, 0.3) is 0 Å². The lowest BCUT2D eigenvalue weighted by atomic mass is 10.1. The molecule has 0 aliphatic rings. The van der Waals surface area contributed by atoms with Gasteiger partial charge in [-0.15, -0.1) is 0 Å². The van der Waals surface area contributed by atoms with Crippen LogP contribution in [0.3, 0.4) is 0 Å². The normalized spacial score (nSPS) is 10.9. The average molecular weight is 469 g/mol. The highest BCUT2D eigenvalue weighted by molar-refractivity contribution is 9.10. The van der Waals surface area contributed by atoms with Crippen molar-refractivity contribution in [2.45, 2.75) is 20.5 Å². The van der Waals surface area contributed by atoms with Crippen LogP contribution in [-0.4, -0.2) is 18.2 Å². The summed E-state index contributed by atoms with van der Waals surface area (Å²) in [5, 5.41) is 10.8. The van der Waals surface area contributed by atoms with Gasteiger partial charge in [0, 0.05) is 18.3 Å². The Morgan fingerprint density at radius 1 is 1.07 bits per heavy atom. The van der Waals surface area contributed by atoms with Crippen molar-refractivity contribution < 1.29 is 14.4 Å². The van der Waals surface area contributed by atoms with Crippen LogP contribution in [0.15, 0.2) is 64.1 Å². The molecule has 0 aliphatic carbocycles. The molecule has 3 rings (SSSR count). The zero-order chi connectivity index (χ0) is 21.7. The van der Waals surface area contributed by atoms with E-state index in [1.807, 2.05) is 30.3 Å². The van der Waals surface area contributed by atoms with Crippen molar-refractivity contribution in [2.24, 2.45) is 4.99 Å². The Kier molecular flexibility index (Phi) is 6.84. The number of nitrogens with zero attached hydrogens (tertiary/aromatic N) is 2. The predicted molar refractivity (Wildman–Crippen MR) is 121 cm³/mol. The van der Waals surface area contributed by atoms with Gasteiger partial charge in [-0.05, 0) is 88.4 Å². The SMILES string of the molecule is COc1cc(C=Nc2ccc(C)c(C)c2)cc(Br)c1OCc1ccc([N+](=O)[O-])cc1. The fourth-order valence-corrected chi connectivity index (χ4v) is 3.35. The second-order valence-corrected chi connectivity index (χ2v) is 7.63.